The van der Waals surface area contributed by atoms with Crippen molar-refractivity contribution in [3.8, 4) is 11.5 Å². The van der Waals surface area contributed by atoms with Crippen molar-refractivity contribution in [2.24, 2.45) is 0 Å². The van der Waals surface area contributed by atoms with E-state index < -0.39 is 8.60 Å². The van der Waals surface area contributed by atoms with Crippen LogP contribution in [0.25, 0.3) is 0 Å². The van der Waals surface area contributed by atoms with Crippen molar-refractivity contribution in [1.29, 1.82) is 0 Å². The highest BCUT2D eigenvalue weighted by Gasteiger charge is 2.17. The molecule has 0 atom stereocenters. The molecular weight excluding hydrogens is 535 g/mol. The molecule has 0 amide bonds. The Bertz CT molecular complexity index is 798. The zero-order valence-electron chi connectivity index (χ0n) is 27.6. The minimum atomic E-state index is -1.50. The van der Waals surface area contributed by atoms with E-state index in [-0.39, 0.29) is 0 Å². The molecular formula is C38H63O3P. The quantitative estimate of drug-likeness (QED) is 0.0720. The molecule has 0 saturated heterocycles. The summed E-state index contributed by atoms with van der Waals surface area (Å²) < 4.78 is 18.6. The van der Waals surface area contributed by atoms with Gasteiger partial charge in [0.05, 0.1) is 6.61 Å². The SMILES string of the molecule is CCCCCCCCCCCCCCCCCCOP(Oc1ccc(CCCC)cc1)Oc1ccc(CCCC)cc1. The van der Waals surface area contributed by atoms with Crippen molar-refractivity contribution in [2.45, 2.75) is 162 Å². The lowest BCUT2D eigenvalue weighted by Crippen LogP contribution is -2.02. The van der Waals surface area contributed by atoms with Crippen LogP contribution in [0.3, 0.4) is 0 Å². The molecule has 0 aliphatic rings. The largest absolute Gasteiger partial charge is 0.463 e. The lowest BCUT2D eigenvalue weighted by molar-refractivity contribution is 0.258. The second-order valence-corrected chi connectivity index (χ2v) is 13.1. The summed E-state index contributed by atoms with van der Waals surface area (Å²) in [6, 6.07) is 16.9. The summed E-state index contributed by atoms with van der Waals surface area (Å²) in [5.74, 6) is 1.63. The van der Waals surface area contributed by atoms with Gasteiger partial charge in [-0.15, -0.1) is 0 Å². The Balaban J connectivity index is 1.63. The highest BCUT2D eigenvalue weighted by molar-refractivity contribution is 7.42. The maximum atomic E-state index is 6.22. The second-order valence-electron chi connectivity index (χ2n) is 12.0. The van der Waals surface area contributed by atoms with E-state index in [1.165, 1.54) is 133 Å². The first-order chi connectivity index (χ1) is 20.7. The number of rotatable bonds is 28. The fraction of sp³-hybridized carbons (Fsp3) is 0.684. The highest BCUT2D eigenvalue weighted by atomic mass is 31.2. The lowest BCUT2D eigenvalue weighted by Gasteiger charge is -2.18. The summed E-state index contributed by atoms with van der Waals surface area (Å²) in [4.78, 5) is 0. The molecule has 2 aromatic rings. The van der Waals surface area contributed by atoms with E-state index in [0.29, 0.717) is 6.61 Å². The molecule has 0 bridgehead atoms. The normalized spacial score (nSPS) is 11.3. The molecule has 238 valence electrons. The summed E-state index contributed by atoms with van der Waals surface area (Å²) in [5.41, 5.74) is 2.71. The molecule has 4 heteroatoms. The number of unbranched alkanes of at least 4 members (excludes halogenated alkanes) is 17. The highest BCUT2D eigenvalue weighted by Crippen LogP contribution is 2.42. The van der Waals surface area contributed by atoms with Gasteiger partial charge in [0.1, 0.15) is 11.5 Å². The van der Waals surface area contributed by atoms with Crippen LogP contribution in [0.4, 0.5) is 0 Å². The molecule has 0 unspecified atom stereocenters. The van der Waals surface area contributed by atoms with Gasteiger partial charge in [0.25, 0.3) is 0 Å². The van der Waals surface area contributed by atoms with Gasteiger partial charge in [-0.2, -0.15) is 0 Å². The molecule has 0 N–H and O–H groups in total. The minimum absolute atomic E-state index is 0.674. The molecule has 0 heterocycles. The molecule has 0 saturated carbocycles. The maximum Gasteiger partial charge on any atom is 0.463 e. The predicted molar refractivity (Wildman–Crippen MR) is 184 cm³/mol. The standard InChI is InChI=1S/C38H63O3P/c1-4-7-10-11-12-13-14-15-16-17-18-19-20-21-22-23-34-39-42(40-37-30-26-35(27-31-37)24-8-5-2)41-38-32-28-36(29-33-38)25-9-6-3/h26-33H,4-25,34H2,1-3H3. The molecule has 0 fully saturated rings. The van der Waals surface area contributed by atoms with Crippen LogP contribution in [0.5, 0.6) is 11.5 Å². The third-order valence-corrected chi connectivity index (χ3v) is 9.15. The lowest BCUT2D eigenvalue weighted by atomic mass is 10.0. The monoisotopic (exact) mass is 598 g/mol. The van der Waals surface area contributed by atoms with Crippen LogP contribution in [0.1, 0.15) is 160 Å². The first-order valence-electron chi connectivity index (χ1n) is 17.7. The van der Waals surface area contributed by atoms with E-state index in [2.05, 4.69) is 69.3 Å². The van der Waals surface area contributed by atoms with Gasteiger partial charge in [-0.3, -0.25) is 4.52 Å². The summed E-state index contributed by atoms with van der Waals surface area (Å²) >= 11 is 0. The Hall–Kier alpha value is -1.57. The van der Waals surface area contributed by atoms with E-state index in [1.807, 2.05) is 0 Å². The van der Waals surface area contributed by atoms with E-state index in [1.54, 1.807) is 0 Å². The van der Waals surface area contributed by atoms with Gasteiger partial charge >= 0.3 is 8.60 Å². The van der Waals surface area contributed by atoms with E-state index in [4.69, 9.17) is 13.6 Å². The van der Waals surface area contributed by atoms with Crippen LogP contribution in [-0.2, 0) is 17.4 Å². The van der Waals surface area contributed by atoms with Gasteiger partial charge in [-0.05, 0) is 67.5 Å². The van der Waals surface area contributed by atoms with Crippen LogP contribution in [0, 0.1) is 0 Å². The number of aryl methyl sites for hydroxylation is 2. The van der Waals surface area contributed by atoms with Gasteiger partial charge in [0.2, 0.25) is 0 Å². The zero-order valence-corrected chi connectivity index (χ0v) is 28.4. The summed E-state index contributed by atoms with van der Waals surface area (Å²) in [7, 11) is -1.50. The molecule has 0 aliphatic carbocycles. The second kappa shape index (κ2) is 25.9. The van der Waals surface area contributed by atoms with Gasteiger partial charge < -0.3 is 9.05 Å². The predicted octanol–water partition coefficient (Wildman–Crippen LogP) is 13.3. The van der Waals surface area contributed by atoms with E-state index >= 15 is 0 Å². The topological polar surface area (TPSA) is 27.7 Å². The molecule has 2 aromatic carbocycles. The van der Waals surface area contributed by atoms with Gasteiger partial charge in [0.15, 0.2) is 0 Å². The van der Waals surface area contributed by atoms with Crippen molar-refractivity contribution in [2.75, 3.05) is 6.61 Å². The fourth-order valence-corrected chi connectivity index (χ4v) is 6.24. The molecule has 0 spiro atoms. The number of hydrogen-bond acceptors (Lipinski definition) is 3. The molecule has 3 nitrogen and oxygen atoms in total. The van der Waals surface area contributed by atoms with Crippen LogP contribution in [-0.4, -0.2) is 6.61 Å². The third-order valence-electron chi connectivity index (χ3n) is 8.04. The van der Waals surface area contributed by atoms with Crippen LogP contribution >= 0.6 is 8.60 Å². The van der Waals surface area contributed by atoms with Gasteiger partial charge in [0, 0.05) is 0 Å². The Morgan fingerprint density at radius 2 is 0.738 bits per heavy atom. The van der Waals surface area contributed by atoms with Crippen molar-refractivity contribution in [3.63, 3.8) is 0 Å². The average Bonchev–Trinajstić information content (AvgIpc) is 3.01. The first-order valence-corrected chi connectivity index (χ1v) is 18.8. The maximum absolute atomic E-state index is 6.22. The Labute approximate surface area is 261 Å². The smallest absolute Gasteiger partial charge is 0.418 e. The van der Waals surface area contributed by atoms with E-state index in [0.717, 1.165) is 30.8 Å². The molecule has 2 rings (SSSR count). The Morgan fingerprint density at radius 3 is 1.10 bits per heavy atom. The van der Waals surface area contributed by atoms with Crippen LogP contribution in [0.15, 0.2) is 48.5 Å². The summed E-state index contributed by atoms with van der Waals surface area (Å²) in [5, 5.41) is 0. The average molecular weight is 599 g/mol. The summed E-state index contributed by atoms with van der Waals surface area (Å²) in [6.07, 6.45) is 29.0. The number of benzene rings is 2. The van der Waals surface area contributed by atoms with Gasteiger partial charge in [-0.1, -0.05) is 154 Å². The van der Waals surface area contributed by atoms with Crippen LogP contribution in [0.2, 0.25) is 0 Å². The first kappa shape index (κ1) is 36.6. The van der Waals surface area contributed by atoms with Gasteiger partial charge in [-0.25, -0.2) is 0 Å². The van der Waals surface area contributed by atoms with Crippen molar-refractivity contribution < 1.29 is 13.6 Å². The molecule has 42 heavy (non-hydrogen) atoms. The molecule has 0 radical (unpaired) electrons. The number of hydrogen-bond donors (Lipinski definition) is 0. The van der Waals surface area contributed by atoms with E-state index in [9.17, 15) is 0 Å². The third kappa shape index (κ3) is 18.9. The minimum Gasteiger partial charge on any atom is -0.418 e. The fourth-order valence-electron chi connectivity index (χ4n) is 5.23. The zero-order chi connectivity index (χ0) is 29.9. The Kier molecular flexibility index (Phi) is 22.6. The van der Waals surface area contributed by atoms with Crippen LogP contribution < -0.4 is 9.05 Å². The molecule has 0 aromatic heterocycles. The molecule has 0 aliphatic heterocycles. The Morgan fingerprint density at radius 1 is 0.405 bits per heavy atom. The van der Waals surface area contributed by atoms with Crippen molar-refractivity contribution in [1.82, 2.24) is 0 Å². The van der Waals surface area contributed by atoms with Crippen molar-refractivity contribution in [3.05, 3.63) is 59.7 Å². The van der Waals surface area contributed by atoms with Crippen molar-refractivity contribution >= 4 is 8.60 Å². The summed E-state index contributed by atoms with van der Waals surface area (Å²) in [6.45, 7) is 7.43.